The summed E-state index contributed by atoms with van der Waals surface area (Å²) in [6, 6.07) is 13.3. The second-order valence-corrected chi connectivity index (χ2v) is 7.05. The van der Waals surface area contributed by atoms with Crippen molar-refractivity contribution in [3.8, 4) is 6.07 Å². The second-order valence-electron chi connectivity index (χ2n) is 4.69. The molecule has 2 aromatic rings. The lowest BCUT2D eigenvalue weighted by Gasteiger charge is -2.04. The van der Waals surface area contributed by atoms with Crippen LogP contribution in [0.25, 0.3) is 6.08 Å². The zero-order valence-corrected chi connectivity index (χ0v) is 14.1. The monoisotopic (exact) mass is 361 g/mol. The van der Waals surface area contributed by atoms with E-state index in [1.165, 1.54) is 61.7 Å². The lowest BCUT2D eigenvalue weighted by molar-refractivity contribution is 0.0600. The molecule has 0 bridgehead atoms. The smallest absolute Gasteiger partial charge is 0.337 e. The molecule has 0 aliphatic heterocycles. The van der Waals surface area contributed by atoms with Crippen molar-refractivity contribution in [3.63, 3.8) is 0 Å². The SMILES string of the molecule is COC(=O)c1ccc(C=C(C#N)S(=O)(=O)c2ccc(Cl)cc2)cc1. The molecule has 0 fully saturated rings. The van der Waals surface area contributed by atoms with Gasteiger partial charge in [0.05, 0.1) is 17.6 Å². The van der Waals surface area contributed by atoms with Gasteiger partial charge in [0.15, 0.2) is 0 Å². The highest BCUT2D eigenvalue weighted by Gasteiger charge is 2.20. The molecule has 0 aliphatic rings. The van der Waals surface area contributed by atoms with E-state index in [4.69, 9.17) is 11.6 Å². The van der Waals surface area contributed by atoms with Gasteiger partial charge in [-0.15, -0.1) is 0 Å². The second kappa shape index (κ2) is 7.30. The topological polar surface area (TPSA) is 84.2 Å². The van der Waals surface area contributed by atoms with Crippen molar-refractivity contribution in [1.29, 1.82) is 5.26 Å². The molecule has 7 heteroatoms. The van der Waals surface area contributed by atoms with E-state index in [1.807, 2.05) is 0 Å². The minimum atomic E-state index is -3.95. The van der Waals surface area contributed by atoms with Crippen LogP contribution in [0.2, 0.25) is 5.02 Å². The predicted octanol–water partition coefficient (Wildman–Crippen LogP) is 3.46. The molecule has 0 saturated carbocycles. The number of carbonyl (C=O) groups is 1. The van der Waals surface area contributed by atoms with Gasteiger partial charge in [-0.05, 0) is 48.0 Å². The summed E-state index contributed by atoms with van der Waals surface area (Å²) >= 11 is 5.75. The normalized spacial score (nSPS) is 11.6. The standard InChI is InChI=1S/C17H12ClNO4S/c1-23-17(20)13-4-2-12(3-5-13)10-16(11-19)24(21,22)15-8-6-14(18)7-9-15/h2-10H,1H3. The van der Waals surface area contributed by atoms with Gasteiger partial charge in [-0.25, -0.2) is 13.2 Å². The van der Waals surface area contributed by atoms with Crippen molar-refractivity contribution in [1.82, 2.24) is 0 Å². The molecule has 0 aliphatic carbocycles. The van der Waals surface area contributed by atoms with E-state index in [9.17, 15) is 18.5 Å². The molecule has 2 aromatic carbocycles. The van der Waals surface area contributed by atoms with E-state index >= 15 is 0 Å². The third kappa shape index (κ3) is 3.82. The minimum absolute atomic E-state index is 0.0223. The molecule has 0 unspecified atom stereocenters. The maximum atomic E-state index is 12.5. The van der Waals surface area contributed by atoms with E-state index in [2.05, 4.69) is 4.74 Å². The fourth-order valence-electron chi connectivity index (χ4n) is 1.90. The Morgan fingerprint density at radius 3 is 2.21 bits per heavy atom. The molecular formula is C17H12ClNO4S. The first kappa shape index (κ1) is 17.7. The van der Waals surface area contributed by atoms with Crippen LogP contribution in [0.5, 0.6) is 0 Å². The van der Waals surface area contributed by atoms with Crippen LogP contribution in [0, 0.1) is 11.3 Å². The Bertz CT molecular complexity index is 924. The van der Waals surface area contributed by atoms with Gasteiger partial charge in [0.1, 0.15) is 11.0 Å². The number of carbonyl (C=O) groups excluding carboxylic acids is 1. The van der Waals surface area contributed by atoms with Crippen LogP contribution < -0.4 is 0 Å². The number of sulfone groups is 1. The van der Waals surface area contributed by atoms with Crippen LogP contribution >= 0.6 is 11.6 Å². The average molecular weight is 362 g/mol. The van der Waals surface area contributed by atoms with Crippen molar-refractivity contribution in [3.05, 3.63) is 69.6 Å². The third-order valence-corrected chi connectivity index (χ3v) is 5.09. The summed E-state index contributed by atoms with van der Waals surface area (Å²) in [6.45, 7) is 0. The zero-order valence-electron chi connectivity index (χ0n) is 12.6. The maximum Gasteiger partial charge on any atom is 0.337 e. The summed E-state index contributed by atoms with van der Waals surface area (Å²) in [5, 5.41) is 9.62. The highest BCUT2D eigenvalue weighted by Crippen LogP contribution is 2.23. The third-order valence-electron chi connectivity index (χ3n) is 3.15. The Balaban J connectivity index is 2.40. The molecular weight excluding hydrogens is 350 g/mol. The molecule has 0 aromatic heterocycles. The largest absolute Gasteiger partial charge is 0.465 e. The lowest BCUT2D eigenvalue weighted by atomic mass is 10.1. The van der Waals surface area contributed by atoms with Crippen LogP contribution in [0.4, 0.5) is 0 Å². The number of hydrogen-bond donors (Lipinski definition) is 0. The van der Waals surface area contributed by atoms with Gasteiger partial charge in [0, 0.05) is 5.02 Å². The molecule has 24 heavy (non-hydrogen) atoms. The minimum Gasteiger partial charge on any atom is -0.465 e. The fraction of sp³-hybridized carbons (Fsp3) is 0.0588. The average Bonchev–Trinajstić information content (AvgIpc) is 2.59. The molecule has 0 heterocycles. The molecule has 0 atom stereocenters. The first-order chi connectivity index (χ1) is 11.4. The first-order valence-corrected chi connectivity index (χ1v) is 8.55. The number of allylic oxidation sites excluding steroid dienone is 1. The Kier molecular flexibility index (Phi) is 5.39. The Hall–Kier alpha value is -2.62. The van der Waals surface area contributed by atoms with Crippen LogP contribution in [0.1, 0.15) is 15.9 Å². The van der Waals surface area contributed by atoms with Gasteiger partial charge in [-0.3, -0.25) is 0 Å². The molecule has 5 nitrogen and oxygen atoms in total. The molecule has 122 valence electrons. The maximum absolute atomic E-state index is 12.5. The number of rotatable bonds is 4. The summed E-state index contributed by atoms with van der Waals surface area (Å²) in [6.07, 6.45) is 1.24. The highest BCUT2D eigenvalue weighted by molar-refractivity contribution is 7.95. The molecule has 0 saturated heterocycles. The molecule has 0 N–H and O–H groups in total. The van der Waals surface area contributed by atoms with E-state index in [-0.39, 0.29) is 4.90 Å². The summed E-state index contributed by atoms with van der Waals surface area (Å²) in [5.74, 6) is -0.500. The Morgan fingerprint density at radius 2 is 1.71 bits per heavy atom. The number of halogens is 1. The van der Waals surface area contributed by atoms with Crippen molar-refractivity contribution >= 4 is 33.5 Å². The van der Waals surface area contributed by atoms with E-state index < -0.39 is 20.7 Å². The van der Waals surface area contributed by atoms with E-state index in [0.29, 0.717) is 16.1 Å². The van der Waals surface area contributed by atoms with Gasteiger partial charge < -0.3 is 4.74 Å². The van der Waals surface area contributed by atoms with E-state index in [1.54, 1.807) is 6.07 Å². The molecule has 0 spiro atoms. The van der Waals surface area contributed by atoms with Crippen molar-refractivity contribution in [2.24, 2.45) is 0 Å². The van der Waals surface area contributed by atoms with Gasteiger partial charge in [0.25, 0.3) is 0 Å². The number of methoxy groups -OCH3 is 1. The van der Waals surface area contributed by atoms with Crippen LogP contribution in [-0.2, 0) is 14.6 Å². The van der Waals surface area contributed by atoms with Crippen molar-refractivity contribution in [2.75, 3.05) is 7.11 Å². The predicted molar refractivity (Wildman–Crippen MR) is 90.0 cm³/mol. The van der Waals surface area contributed by atoms with Crippen molar-refractivity contribution in [2.45, 2.75) is 4.90 Å². The number of esters is 1. The molecule has 0 amide bonds. The van der Waals surface area contributed by atoms with Crippen LogP contribution in [0.3, 0.4) is 0 Å². The van der Waals surface area contributed by atoms with Gasteiger partial charge in [-0.2, -0.15) is 5.26 Å². The quantitative estimate of drug-likeness (QED) is 0.615. The zero-order chi connectivity index (χ0) is 17.7. The molecule has 0 radical (unpaired) electrons. The molecule has 2 rings (SSSR count). The highest BCUT2D eigenvalue weighted by atomic mass is 35.5. The first-order valence-electron chi connectivity index (χ1n) is 6.69. The lowest BCUT2D eigenvalue weighted by Crippen LogP contribution is -2.03. The fourth-order valence-corrected chi connectivity index (χ4v) is 3.18. The van der Waals surface area contributed by atoms with Crippen LogP contribution in [0.15, 0.2) is 58.3 Å². The van der Waals surface area contributed by atoms with Gasteiger partial charge in [0.2, 0.25) is 9.84 Å². The number of ether oxygens (including phenoxy) is 1. The Morgan fingerprint density at radius 1 is 1.12 bits per heavy atom. The summed E-state index contributed by atoms with van der Waals surface area (Å²) in [4.78, 5) is 10.9. The van der Waals surface area contributed by atoms with Gasteiger partial charge in [-0.1, -0.05) is 23.7 Å². The number of nitriles is 1. The van der Waals surface area contributed by atoms with Crippen LogP contribution in [-0.4, -0.2) is 21.5 Å². The van der Waals surface area contributed by atoms with Crippen molar-refractivity contribution < 1.29 is 17.9 Å². The Labute approximate surface area is 144 Å². The number of nitrogens with zero attached hydrogens (tertiary/aromatic N) is 1. The number of hydrogen-bond acceptors (Lipinski definition) is 5. The van der Waals surface area contributed by atoms with E-state index in [0.717, 1.165) is 0 Å². The van der Waals surface area contributed by atoms with Gasteiger partial charge >= 0.3 is 5.97 Å². The number of benzene rings is 2. The summed E-state index contributed by atoms with van der Waals surface area (Å²) in [7, 11) is -2.68. The summed E-state index contributed by atoms with van der Waals surface area (Å²) in [5.41, 5.74) is 0.797. The summed E-state index contributed by atoms with van der Waals surface area (Å²) < 4.78 is 29.6.